The Hall–Kier alpha value is -1.25. The Morgan fingerprint density at radius 3 is 2.80 bits per heavy atom. The predicted octanol–water partition coefficient (Wildman–Crippen LogP) is 2.64. The van der Waals surface area contributed by atoms with Crippen LogP contribution in [0, 0.1) is 11.7 Å². The van der Waals surface area contributed by atoms with Crippen LogP contribution in [-0.2, 0) is 0 Å². The van der Waals surface area contributed by atoms with Gasteiger partial charge in [0.1, 0.15) is 5.82 Å². The number of hydrogen-bond acceptors (Lipinski definition) is 2. The van der Waals surface area contributed by atoms with E-state index in [0.717, 1.165) is 24.7 Å². The van der Waals surface area contributed by atoms with Crippen molar-refractivity contribution >= 4 is 11.4 Å². The summed E-state index contributed by atoms with van der Waals surface area (Å²) in [6.45, 7) is 4.32. The maximum Gasteiger partial charge on any atom is 0.125 e. The van der Waals surface area contributed by atoms with Gasteiger partial charge in [0.15, 0.2) is 0 Å². The van der Waals surface area contributed by atoms with Crippen LogP contribution in [0.2, 0.25) is 0 Å². The van der Waals surface area contributed by atoms with Crippen LogP contribution in [0.15, 0.2) is 18.2 Å². The summed E-state index contributed by atoms with van der Waals surface area (Å²) in [4.78, 5) is 2.22. The lowest BCUT2D eigenvalue weighted by Gasteiger charge is -2.41. The molecule has 3 heteroatoms. The van der Waals surface area contributed by atoms with Crippen molar-refractivity contribution in [1.82, 2.24) is 0 Å². The molecule has 2 N–H and O–H groups in total. The van der Waals surface area contributed by atoms with Crippen molar-refractivity contribution in [3.05, 3.63) is 24.0 Å². The van der Waals surface area contributed by atoms with Gasteiger partial charge in [-0.2, -0.15) is 0 Å². The topological polar surface area (TPSA) is 29.3 Å². The average Bonchev–Trinajstić information content (AvgIpc) is 2.12. The van der Waals surface area contributed by atoms with Gasteiger partial charge >= 0.3 is 0 Å². The smallest absolute Gasteiger partial charge is 0.125 e. The van der Waals surface area contributed by atoms with Crippen molar-refractivity contribution in [1.29, 1.82) is 0 Å². The van der Waals surface area contributed by atoms with E-state index in [0.29, 0.717) is 5.69 Å². The quantitative estimate of drug-likeness (QED) is 0.774. The first-order valence-electron chi connectivity index (χ1n) is 5.50. The molecule has 0 bridgehead atoms. The first-order valence-corrected chi connectivity index (χ1v) is 5.50. The Morgan fingerprint density at radius 2 is 2.20 bits per heavy atom. The number of nitrogens with two attached hydrogens (primary N) is 1. The first kappa shape index (κ1) is 10.3. The second kappa shape index (κ2) is 4.09. The summed E-state index contributed by atoms with van der Waals surface area (Å²) in [5, 5.41) is 0. The van der Waals surface area contributed by atoms with Crippen molar-refractivity contribution < 1.29 is 4.39 Å². The fourth-order valence-electron chi connectivity index (χ4n) is 2.17. The number of hydrogen-bond donors (Lipinski definition) is 1. The van der Waals surface area contributed by atoms with Gasteiger partial charge in [-0.3, -0.25) is 0 Å². The highest BCUT2D eigenvalue weighted by atomic mass is 19.1. The van der Waals surface area contributed by atoms with Crippen LogP contribution >= 0.6 is 0 Å². The van der Waals surface area contributed by atoms with Gasteiger partial charge in [-0.15, -0.1) is 0 Å². The van der Waals surface area contributed by atoms with Gasteiger partial charge in [0, 0.05) is 13.1 Å². The summed E-state index contributed by atoms with van der Waals surface area (Å²) in [5.41, 5.74) is 7.29. The summed E-state index contributed by atoms with van der Waals surface area (Å²) in [6, 6.07) is 4.63. The third-order valence-corrected chi connectivity index (χ3v) is 2.98. The van der Waals surface area contributed by atoms with Crippen molar-refractivity contribution in [2.24, 2.45) is 5.92 Å². The SMILES string of the molecule is CCCC1CN(c2ccc(F)cc2N)C1. The zero-order valence-corrected chi connectivity index (χ0v) is 9.04. The zero-order chi connectivity index (χ0) is 10.8. The van der Waals surface area contributed by atoms with E-state index in [1.807, 2.05) is 0 Å². The maximum atomic E-state index is 12.8. The van der Waals surface area contributed by atoms with Crippen LogP contribution in [0.4, 0.5) is 15.8 Å². The molecule has 0 radical (unpaired) electrons. The molecular formula is C12H17FN2. The molecule has 0 aromatic heterocycles. The fourth-order valence-corrected chi connectivity index (χ4v) is 2.17. The molecule has 1 heterocycles. The van der Waals surface area contributed by atoms with E-state index < -0.39 is 0 Å². The Bertz CT molecular complexity index is 345. The van der Waals surface area contributed by atoms with Gasteiger partial charge in [-0.05, 0) is 30.5 Å². The number of rotatable bonds is 3. The van der Waals surface area contributed by atoms with E-state index in [1.54, 1.807) is 6.07 Å². The highest BCUT2D eigenvalue weighted by Gasteiger charge is 2.26. The van der Waals surface area contributed by atoms with Gasteiger partial charge in [0.05, 0.1) is 11.4 Å². The Kier molecular flexibility index (Phi) is 2.80. The number of anilines is 2. The largest absolute Gasteiger partial charge is 0.397 e. The molecule has 0 saturated carbocycles. The number of halogens is 1. The van der Waals surface area contributed by atoms with E-state index in [4.69, 9.17) is 5.73 Å². The van der Waals surface area contributed by atoms with Crippen LogP contribution in [-0.4, -0.2) is 13.1 Å². The molecule has 15 heavy (non-hydrogen) atoms. The molecule has 1 aromatic carbocycles. The first-order chi connectivity index (χ1) is 7.20. The van der Waals surface area contributed by atoms with Crippen molar-refractivity contribution in [3.8, 4) is 0 Å². The summed E-state index contributed by atoms with van der Waals surface area (Å²) in [7, 11) is 0. The van der Waals surface area contributed by atoms with Gasteiger partial charge in [0.25, 0.3) is 0 Å². The van der Waals surface area contributed by atoms with E-state index in [-0.39, 0.29) is 5.82 Å². The van der Waals surface area contributed by atoms with Crippen LogP contribution in [0.5, 0.6) is 0 Å². The molecule has 1 saturated heterocycles. The Labute approximate surface area is 89.9 Å². The minimum absolute atomic E-state index is 0.262. The molecule has 0 unspecified atom stereocenters. The molecular weight excluding hydrogens is 191 g/mol. The normalized spacial score (nSPS) is 16.5. The molecule has 2 nitrogen and oxygen atoms in total. The number of benzene rings is 1. The molecule has 82 valence electrons. The molecule has 0 amide bonds. The standard InChI is InChI=1S/C12H17FN2/c1-2-3-9-7-15(8-9)12-5-4-10(13)6-11(12)14/h4-6,9H,2-3,7-8,14H2,1H3. The van der Waals surface area contributed by atoms with Crippen molar-refractivity contribution in [2.45, 2.75) is 19.8 Å². The second-order valence-corrected chi connectivity index (χ2v) is 4.26. The lowest BCUT2D eigenvalue weighted by Crippen LogP contribution is -2.46. The minimum atomic E-state index is -0.262. The summed E-state index contributed by atoms with van der Waals surface area (Å²) >= 11 is 0. The molecule has 1 fully saturated rings. The lowest BCUT2D eigenvalue weighted by molar-refractivity contribution is 0.381. The lowest BCUT2D eigenvalue weighted by atomic mass is 9.94. The Morgan fingerprint density at radius 1 is 1.47 bits per heavy atom. The highest BCUT2D eigenvalue weighted by molar-refractivity contribution is 5.68. The van der Waals surface area contributed by atoms with Crippen molar-refractivity contribution in [3.63, 3.8) is 0 Å². The zero-order valence-electron chi connectivity index (χ0n) is 9.04. The van der Waals surface area contributed by atoms with Gasteiger partial charge in [-0.1, -0.05) is 13.3 Å². The van der Waals surface area contributed by atoms with E-state index in [9.17, 15) is 4.39 Å². The second-order valence-electron chi connectivity index (χ2n) is 4.26. The summed E-state index contributed by atoms with van der Waals surface area (Å²) in [5.74, 6) is 0.529. The van der Waals surface area contributed by atoms with Gasteiger partial charge in [0.2, 0.25) is 0 Å². The molecule has 2 rings (SSSR count). The Balaban J connectivity index is 2.01. The molecule has 1 aromatic rings. The predicted molar refractivity (Wildman–Crippen MR) is 61.4 cm³/mol. The molecule has 1 aliphatic rings. The molecule has 0 atom stereocenters. The third-order valence-electron chi connectivity index (χ3n) is 2.98. The van der Waals surface area contributed by atoms with Crippen LogP contribution in [0.25, 0.3) is 0 Å². The maximum absolute atomic E-state index is 12.8. The number of nitrogens with zero attached hydrogens (tertiary/aromatic N) is 1. The van der Waals surface area contributed by atoms with Crippen LogP contribution < -0.4 is 10.6 Å². The average molecular weight is 208 g/mol. The fraction of sp³-hybridized carbons (Fsp3) is 0.500. The van der Waals surface area contributed by atoms with Crippen LogP contribution in [0.1, 0.15) is 19.8 Å². The third kappa shape index (κ3) is 2.06. The van der Waals surface area contributed by atoms with Crippen molar-refractivity contribution in [2.75, 3.05) is 23.7 Å². The monoisotopic (exact) mass is 208 g/mol. The highest BCUT2D eigenvalue weighted by Crippen LogP contribution is 2.31. The van der Waals surface area contributed by atoms with Crippen LogP contribution in [0.3, 0.4) is 0 Å². The minimum Gasteiger partial charge on any atom is -0.397 e. The molecule has 1 aliphatic heterocycles. The summed E-state index contributed by atoms with van der Waals surface area (Å²) in [6.07, 6.45) is 2.51. The van der Waals surface area contributed by atoms with Gasteiger partial charge < -0.3 is 10.6 Å². The van der Waals surface area contributed by atoms with E-state index in [2.05, 4.69) is 11.8 Å². The molecule has 0 aliphatic carbocycles. The van der Waals surface area contributed by atoms with Gasteiger partial charge in [-0.25, -0.2) is 4.39 Å². The van der Waals surface area contributed by atoms with E-state index >= 15 is 0 Å². The van der Waals surface area contributed by atoms with E-state index in [1.165, 1.54) is 25.0 Å². The summed E-state index contributed by atoms with van der Waals surface area (Å²) < 4.78 is 12.8. The molecule has 0 spiro atoms. The number of nitrogen functional groups attached to an aromatic ring is 1.